The van der Waals surface area contributed by atoms with Crippen molar-refractivity contribution in [1.29, 1.82) is 0 Å². The molecule has 2 saturated heterocycles. The van der Waals surface area contributed by atoms with E-state index in [1.807, 2.05) is 6.07 Å². The maximum absolute atomic E-state index is 11.8. The molecule has 0 N–H and O–H groups in total. The van der Waals surface area contributed by atoms with E-state index in [0.717, 1.165) is 38.9 Å². The van der Waals surface area contributed by atoms with Gasteiger partial charge in [-0.1, -0.05) is 11.6 Å². The first-order valence-electron chi connectivity index (χ1n) is 7.94. The first kappa shape index (κ1) is 14.3. The molecule has 3 heterocycles. The summed E-state index contributed by atoms with van der Waals surface area (Å²) < 4.78 is 5.48. The fourth-order valence-electron chi connectivity index (χ4n) is 4.24. The van der Waals surface area contributed by atoms with Crippen LogP contribution in [0.2, 0.25) is 5.15 Å². The minimum Gasteiger partial charge on any atom is -0.481 e. The van der Waals surface area contributed by atoms with Gasteiger partial charge in [-0.15, -0.1) is 0 Å². The summed E-state index contributed by atoms with van der Waals surface area (Å²) in [6.07, 6.45) is 3.79. The van der Waals surface area contributed by atoms with Gasteiger partial charge in [0.1, 0.15) is 5.15 Å². The van der Waals surface area contributed by atoms with Gasteiger partial charge in [0.05, 0.1) is 7.11 Å². The van der Waals surface area contributed by atoms with Gasteiger partial charge in [0, 0.05) is 43.7 Å². The Balaban J connectivity index is 1.60. The van der Waals surface area contributed by atoms with E-state index in [4.69, 9.17) is 16.3 Å². The largest absolute Gasteiger partial charge is 0.481 e. The lowest BCUT2D eigenvalue weighted by atomic mass is 10.1. The third-order valence-corrected chi connectivity index (χ3v) is 5.45. The molecule has 1 aromatic heterocycles. The maximum Gasteiger partial charge on any atom is 0.222 e. The molecule has 4 rings (SSSR count). The van der Waals surface area contributed by atoms with Gasteiger partial charge >= 0.3 is 0 Å². The Kier molecular flexibility index (Phi) is 3.50. The summed E-state index contributed by atoms with van der Waals surface area (Å²) in [5.41, 5.74) is 2.46. The van der Waals surface area contributed by atoms with Crippen LogP contribution in [-0.4, -0.2) is 53.5 Å². The van der Waals surface area contributed by atoms with E-state index in [-0.39, 0.29) is 0 Å². The first-order valence-corrected chi connectivity index (χ1v) is 8.32. The summed E-state index contributed by atoms with van der Waals surface area (Å²) in [5.74, 6) is 0.984. The Labute approximate surface area is 135 Å². The van der Waals surface area contributed by atoms with E-state index in [1.165, 1.54) is 11.1 Å². The average molecular weight is 322 g/mol. The molecule has 118 valence electrons. The van der Waals surface area contributed by atoms with Crippen molar-refractivity contribution in [2.45, 2.75) is 37.8 Å². The number of aromatic nitrogens is 1. The molecule has 2 aliphatic heterocycles. The summed E-state index contributed by atoms with van der Waals surface area (Å²) >= 11 is 6.08. The Morgan fingerprint density at radius 1 is 1.32 bits per heavy atom. The third kappa shape index (κ3) is 2.18. The van der Waals surface area contributed by atoms with Crippen molar-refractivity contribution in [2.24, 2.45) is 0 Å². The van der Waals surface area contributed by atoms with E-state index in [2.05, 4.69) is 14.8 Å². The predicted molar refractivity (Wildman–Crippen MR) is 83.2 cm³/mol. The number of aryl methyl sites for hydroxylation is 1. The van der Waals surface area contributed by atoms with Gasteiger partial charge < -0.3 is 9.64 Å². The quantitative estimate of drug-likeness (QED) is 0.782. The van der Waals surface area contributed by atoms with Crippen molar-refractivity contribution in [3.8, 4) is 5.88 Å². The summed E-state index contributed by atoms with van der Waals surface area (Å²) in [5, 5.41) is 0.502. The van der Waals surface area contributed by atoms with Crippen LogP contribution in [0.1, 0.15) is 36.4 Å². The number of carbonyl (C=O) groups excluding carboxylic acids is 1. The van der Waals surface area contributed by atoms with Crippen LogP contribution in [0.3, 0.4) is 0 Å². The molecule has 22 heavy (non-hydrogen) atoms. The Morgan fingerprint density at radius 2 is 2.18 bits per heavy atom. The molecule has 1 amide bonds. The maximum atomic E-state index is 11.8. The van der Waals surface area contributed by atoms with Crippen LogP contribution in [-0.2, 0) is 11.2 Å². The van der Waals surface area contributed by atoms with Crippen molar-refractivity contribution >= 4 is 17.5 Å². The second-order valence-corrected chi connectivity index (χ2v) is 6.74. The monoisotopic (exact) mass is 321 g/mol. The fraction of sp³-hybridized carbons (Fsp3) is 0.625. The second kappa shape index (κ2) is 5.39. The molecule has 0 saturated carbocycles. The number of pyridine rings is 1. The van der Waals surface area contributed by atoms with Crippen LogP contribution in [0.5, 0.6) is 5.88 Å². The first-order chi connectivity index (χ1) is 10.7. The Hall–Kier alpha value is -1.33. The van der Waals surface area contributed by atoms with Gasteiger partial charge in [-0.2, -0.15) is 0 Å². The fourth-order valence-corrected chi connectivity index (χ4v) is 4.45. The van der Waals surface area contributed by atoms with E-state index in [0.29, 0.717) is 35.4 Å². The molecule has 1 aliphatic carbocycles. The van der Waals surface area contributed by atoms with Crippen LogP contribution >= 0.6 is 11.6 Å². The highest BCUT2D eigenvalue weighted by atomic mass is 35.5. The van der Waals surface area contributed by atoms with Gasteiger partial charge in [0.25, 0.3) is 0 Å². The number of piperazine rings is 1. The molecule has 2 atom stereocenters. The molecule has 1 aromatic rings. The zero-order valence-corrected chi connectivity index (χ0v) is 13.5. The number of nitrogens with zero attached hydrogens (tertiary/aromatic N) is 3. The molecular weight excluding hydrogens is 302 g/mol. The normalized spacial score (nSPS) is 27.9. The smallest absolute Gasteiger partial charge is 0.222 e. The van der Waals surface area contributed by atoms with Gasteiger partial charge in [0.15, 0.2) is 0 Å². The Bertz CT molecular complexity index is 622. The summed E-state index contributed by atoms with van der Waals surface area (Å²) in [6, 6.07) is 2.69. The summed E-state index contributed by atoms with van der Waals surface area (Å²) in [7, 11) is 1.65. The topological polar surface area (TPSA) is 45.7 Å². The van der Waals surface area contributed by atoms with Crippen molar-refractivity contribution in [3.05, 3.63) is 22.3 Å². The SMILES string of the molecule is COc1nc(Cl)cc2c1C(N1CCN3C(=O)CC[C@@H]3C1)CC2. The average Bonchev–Trinajstić information content (AvgIpc) is 3.10. The third-order valence-electron chi connectivity index (χ3n) is 5.26. The van der Waals surface area contributed by atoms with Crippen molar-refractivity contribution < 1.29 is 9.53 Å². The number of carbonyl (C=O) groups is 1. The van der Waals surface area contributed by atoms with E-state index in [1.54, 1.807) is 7.11 Å². The molecule has 2 fully saturated rings. The van der Waals surface area contributed by atoms with Crippen LogP contribution in [0.25, 0.3) is 0 Å². The van der Waals surface area contributed by atoms with Crippen LogP contribution in [0.15, 0.2) is 6.07 Å². The molecule has 0 radical (unpaired) electrons. The van der Waals surface area contributed by atoms with E-state index < -0.39 is 0 Å². The molecule has 0 aromatic carbocycles. The van der Waals surface area contributed by atoms with Crippen LogP contribution < -0.4 is 4.74 Å². The molecule has 0 spiro atoms. The van der Waals surface area contributed by atoms with E-state index >= 15 is 0 Å². The number of amides is 1. The van der Waals surface area contributed by atoms with Crippen LogP contribution in [0, 0.1) is 0 Å². The van der Waals surface area contributed by atoms with Crippen molar-refractivity contribution in [3.63, 3.8) is 0 Å². The van der Waals surface area contributed by atoms with Crippen LogP contribution in [0.4, 0.5) is 0 Å². The molecule has 6 heteroatoms. The summed E-state index contributed by atoms with van der Waals surface area (Å²) in [6.45, 7) is 2.73. The van der Waals surface area contributed by atoms with Gasteiger partial charge in [-0.25, -0.2) is 4.98 Å². The molecule has 5 nitrogen and oxygen atoms in total. The molecule has 1 unspecified atom stereocenters. The minimum absolute atomic E-state index is 0.322. The zero-order valence-electron chi connectivity index (χ0n) is 12.7. The highest BCUT2D eigenvalue weighted by Gasteiger charge is 2.40. The van der Waals surface area contributed by atoms with Crippen molar-refractivity contribution in [1.82, 2.24) is 14.8 Å². The number of ether oxygens (including phenoxy) is 1. The number of fused-ring (bicyclic) bond motifs is 2. The highest BCUT2D eigenvalue weighted by molar-refractivity contribution is 6.29. The van der Waals surface area contributed by atoms with Crippen molar-refractivity contribution in [2.75, 3.05) is 26.7 Å². The highest BCUT2D eigenvalue weighted by Crippen LogP contribution is 2.42. The van der Waals surface area contributed by atoms with Gasteiger partial charge in [-0.3, -0.25) is 9.69 Å². The number of hydrogen-bond acceptors (Lipinski definition) is 4. The molecule has 3 aliphatic rings. The Morgan fingerprint density at radius 3 is 3.00 bits per heavy atom. The minimum atomic E-state index is 0.322. The summed E-state index contributed by atoms with van der Waals surface area (Å²) in [4.78, 5) is 20.7. The zero-order chi connectivity index (χ0) is 15.3. The lowest BCUT2D eigenvalue weighted by Crippen LogP contribution is -2.52. The number of rotatable bonds is 2. The lowest BCUT2D eigenvalue weighted by Gasteiger charge is -2.40. The van der Waals surface area contributed by atoms with Gasteiger partial charge in [0.2, 0.25) is 11.8 Å². The standard InChI is InChI=1S/C16H20ClN3O2/c1-22-16-15-10(8-13(17)18-16)2-4-12(15)19-6-7-20-11(9-19)3-5-14(20)21/h8,11-12H,2-7,9H2,1H3/t11-,12?/m1/s1. The number of halogens is 1. The number of hydrogen-bond donors (Lipinski definition) is 0. The predicted octanol–water partition coefficient (Wildman–Crippen LogP) is 2.04. The second-order valence-electron chi connectivity index (χ2n) is 6.36. The molecule has 0 bridgehead atoms. The number of methoxy groups -OCH3 is 1. The lowest BCUT2D eigenvalue weighted by molar-refractivity contribution is -0.131. The molecular formula is C16H20ClN3O2. The van der Waals surface area contributed by atoms with E-state index in [9.17, 15) is 4.79 Å². The van der Waals surface area contributed by atoms with Gasteiger partial charge in [-0.05, 0) is 30.9 Å².